The first-order valence-corrected chi connectivity index (χ1v) is 8.79. The first-order chi connectivity index (χ1) is 11.1. The molecule has 1 aromatic carbocycles. The van der Waals surface area contributed by atoms with Crippen molar-refractivity contribution in [3.63, 3.8) is 0 Å². The van der Waals surface area contributed by atoms with Crippen molar-refractivity contribution in [1.29, 1.82) is 0 Å². The van der Waals surface area contributed by atoms with Crippen molar-refractivity contribution in [3.8, 4) is 0 Å². The van der Waals surface area contributed by atoms with Gasteiger partial charge in [-0.3, -0.25) is 9.59 Å². The Kier molecular flexibility index (Phi) is 4.90. The summed E-state index contributed by atoms with van der Waals surface area (Å²) < 4.78 is 0. The molecular weight excluding hydrogens is 312 g/mol. The quantitative estimate of drug-likeness (QED) is 0.833. The topological polar surface area (TPSA) is 40.6 Å². The van der Waals surface area contributed by atoms with E-state index in [1.165, 1.54) is 19.3 Å². The highest BCUT2D eigenvalue weighted by molar-refractivity contribution is 6.30. The lowest BCUT2D eigenvalue weighted by Crippen LogP contribution is -2.55. The standard InChI is InChI=1S/C18H23ClN2O2/c1-13-11-14(19)7-8-16(13)18(23)20-9-10-21(17(22)12-20)15-5-3-2-4-6-15/h7-8,11,15H,2-6,9-10,12H2,1H3. The van der Waals surface area contributed by atoms with E-state index in [2.05, 4.69) is 0 Å². The number of hydrogen-bond acceptors (Lipinski definition) is 2. The van der Waals surface area contributed by atoms with Crippen molar-refractivity contribution in [2.75, 3.05) is 19.6 Å². The number of nitrogens with zero attached hydrogens (tertiary/aromatic N) is 2. The van der Waals surface area contributed by atoms with Crippen molar-refractivity contribution in [2.24, 2.45) is 0 Å². The van der Waals surface area contributed by atoms with Gasteiger partial charge in [-0.15, -0.1) is 0 Å². The highest BCUT2D eigenvalue weighted by Gasteiger charge is 2.32. The van der Waals surface area contributed by atoms with E-state index < -0.39 is 0 Å². The van der Waals surface area contributed by atoms with Gasteiger partial charge in [0.05, 0.1) is 0 Å². The van der Waals surface area contributed by atoms with Crippen LogP contribution in [0, 0.1) is 6.92 Å². The van der Waals surface area contributed by atoms with Crippen LogP contribution >= 0.6 is 11.6 Å². The fourth-order valence-electron chi connectivity index (χ4n) is 3.68. The molecule has 1 aromatic rings. The molecule has 5 heteroatoms. The van der Waals surface area contributed by atoms with Crippen molar-refractivity contribution in [1.82, 2.24) is 9.80 Å². The van der Waals surface area contributed by atoms with Crippen molar-refractivity contribution in [3.05, 3.63) is 34.3 Å². The number of benzene rings is 1. The van der Waals surface area contributed by atoms with E-state index in [0.29, 0.717) is 29.7 Å². The Morgan fingerprint density at radius 1 is 1.17 bits per heavy atom. The SMILES string of the molecule is Cc1cc(Cl)ccc1C(=O)N1CCN(C2CCCCC2)C(=O)C1. The van der Waals surface area contributed by atoms with E-state index >= 15 is 0 Å². The number of piperazine rings is 1. The van der Waals surface area contributed by atoms with Crippen LogP contribution in [0.3, 0.4) is 0 Å². The average Bonchev–Trinajstić information content (AvgIpc) is 2.55. The van der Waals surface area contributed by atoms with E-state index in [-0.39, 0.29) is 18.4 Å². The van der Waals surface area contributed by atoms with Gasteiger partial charge in [-0.2, -0.15) is 0 Å². The molecule has 2 amide bonds. The van der Waals surface area contributed by atoms with Crippen LogP contribution in [0.1, 0.15) is 48.0 Å². The molecule has 1 saturated heterocycles. The minimum absolute atomic E-state index is 0.0733. The summed E-state index contributed by atoms with van der Waals surface area (Å²) in [5.74, 6) is 0.0129. The first-order valence-electron chi connectivity index (χ1n) is 8.41. The lowest BCUT2D eigenvalue weighted by molar-refractivity contribution is -0.138. The number of hydrogen-bond donors (Lipinski definition) is 0. The van der Waals surface area contributed by atoms with Crippen LogP contribution < -0.4 is 0 Å². The molecule has 3 rings (SSSR count). The minimum atomic E-state index is -0.0733. The molecule has 0 atom stereocenters. The molecule has 23 heavy (non-hydrogen) atoms. The largest absolute Gasteiger partial charge is 0.336 e. The van der Waals surface area contributed by atoms with Crippen LogP contribution in [0.5, 0.6) is 0 Å². The second-order valence-corrected chi connectivity index (χ2v) is 7.00. The number of carbonyl (C=O) groups is 2. The van der Waals surface area contributed by atoms with Gasteiger partial charge in [0.25, 0.3) is 5.91 Å². The Bertz CT molecular complexity index is 611. The fourth-order valence-corrected chi connectivity index (χ4v) is 3.90. The Morgan fingerprint density at radius 3 is 2.57 bits per heavy atom. The Hall–Kier alpha value is -1.55. The molecule has 0 spiro atoms. The monoisotopic (exact) mass is 334 g/mol. The predicted octanol–water partition coefficient (Wildman–Crippen LogP) is 3.27. The van der Waals surface area contributed by atoms with Gasteiger partial charge in [-0.1, -0.05) is 30.9 Å². The maximum absolute atomic E-state index is 12.7. The number of halogens is 1. The zero-order valence-corrected chi connectivity index (χ0v) is 14.3. The zero-order valence-electron chi connectivity index (χ0n) is 13.6. The highest BCUT2D eigenvalue weighted by Crippen LogP contribution is 2.25. The van der Waals surface area contributed by atoms with Gasteiger partial charge in [0.15, 0.2) is 0 Å². The summed E-state index contributed by atoms with van der Waals surface area (Å²) in [7, 11) is 0. The van der Waals surface area contributed by atoms with Crippen molar-refractivity contribution >= 4 is 23.4 Å². The molecule has 2 aliphatic rings. The predicted molar refractivity (Wildman–Crippen MR) is 90.7 cm³/mol. The smallest absolute Gasteiger partial charge is 0.254 e. The third-order valence-electron chi connectivity index (χ3n) is 4.98. The summed E-state index contributed by atoms with van der Waals surface area (Å²) in [5.41, 5.74) is 1.48. The first kappa shape index (κ1) is 16.3. The molecule has 0 aromatic heterocycles. The Labute approximate surface area is 142 Å². The van der Waals surface area contributed by atoms with Crippen LogP contribution in [0.15, 0.2) is 18.2 Å². The van der Waals surface area contributed by atoms with E-state index in [9.17, 15) is 9.59 Å². The number of carbonyl (C=O) groups excluding carboxylic acids is 2. The van der Waals surface area contributed by atoms with E-state index in [1.54, 1.807) is 23.1 Å². The van der Waals surface area contributed by atoms with Gasteiger partial charge in [-0.25, -0.2) is 0 Å². The lowest BCUT2D eigenvalue weighted by Gasteiger charge is -2.40. The van der Waals surface area contributed by atoms with E-state index in [1.807, 2.05) is 11.8 Å². The van der Waals surface area contributed by atoms with E-state index in [4.69, 9.17) is 11.6 Å². The summed E-state index contributed by atoms with van der Waals surface area (Å²) in [4.78, 5) is 28.8. The molecule has 0 unspecified atom stereocenters. The number of amides is 2. The van der Waals surface area contributed by atoms with Crippen molar-refractivity contribution < 1.29 is 9.59 Å². The molecule has 1 aliphatic heterocycles. The van der Waals surface area contributed by atoms with Gasteiger partial charge in [0.1, 0.15) is 6.54 Å². The number of rotatable bonds is 2. The van der Waals surface area contributed by atoms with Crippen LogP contribution in [0.4, 0.5) is 0 Å². The molecule has 1 aliphatic carbocycles. The Balaban J connectivity index is 1.67. The highest BCUT2D eigenvalue weighted by atomic mass is 35.5. The lowest BCUT2D eigenvalue weighted by atomic mass is 9.93. The molecule has 2 fully saturated rings. The molecule has 1 heterocycles. The fraction of sp³-hybridized carbons (Fsp3) is 0.556. The van der Waals surface area contributed by atoms with E-state index in [0.717, 1.165) is 18.4 Å². The third-order valence-corrected chi connectivity index (χ3v) is 5.21. The molecule has 0 N–H and O–H groups in total. The van der Waals surface area contributed by atoms with Crippen molar-refractivity contribution in [2.45, 2.75) is 45.1 Å². The van der Waals surface area contributed by atoms with Crippen LogP contribution in [-0.2, 0) is 4.79 Å². The second-order valence-electron chi connectivity index (χ2n) is 6.56. The molecular formula is C18H23ClN2O2. The normalized spacial score (nSPS) is 20.0. The summed E-state index contributed by atoms with van der Waals surface area (Å²) in [5, 5.41) is 0.622. The second kappa shape index (κ2) is 6.91. The summed E-state index contributed by atoms with van der Waals surface area (Å²) in [6.45, 7) is 3.33. The minimum Gasteiger partial charge on any atom is -0.336 e. The molecule has 0 bridgehead atoms. The molecule has 1 saturated carbocycles. The Morgan fingerprint density at radius 2 is 1.91 bits per heavy atom. The van der Waals surface area contributed by atoms with Crippen LogP contribution in [-0.4, -0.2) is 47.3 Å². The maximum atomic E-state index is 12.7. The third kappa shape index (κ3) is 3.52. The maximum Gasteiger partial charge on any atom is 0.254 e. The van der Waals surface area contributed by atoms with Crippen LogP contribution in [0.25, 0.3) is 0 Å². The van der Waals surface area contributed by atoms with Gasteiger partial charge in [0.2, 0.25) is 5.91 Å². The van der Waals surface area contributed by atoms with Crippen LogP contribution in [0.2, 0.25) is 5.02 Å². The number of aryl methyl sites for hydroxylation is 1. The molecule has 0 radical (unpaired) electrons. The summed E-state index contributed by atoms with van der Waals surface area (Å²) >= 11 is 5.95. The molecule has 124 valence electrons. The molecule has 4 nitrogen and oxygen atoms in total. The van der Waals surface area contributed by atoms with Gasteiger partial charge in [-0.05, 0) is 43.5 Å². The van der Waals surface area contributed by atoms with Gasteiger partial charge in [0, 0.05) is 29.7 Å². The zero-order chi connectivity index (χ0) is 16.4. The van der Waals surface area contributed by atoms with Gasteiger partial charge < -0.3 is 9.80 Å². The average molecular weight is 335 g/mol. The van der Waals surface area contributed by atoms with Gasteiger partial charge >= 0.3 is 0 Å². The summed E-state index contributed by atoms with van der Waals surface area (Å²) in [6.07, 6.45) is 5.91. The summed E-state index contributed by atoms with van der Waals surface area (Å²) in [6, 6.07) is 5.64.